The number of rotatable bonds is 2. The normalized spacial score (nSPS) is 12.6. The minimum atomic E-state index is -3.00. The molecule has 0 saturated carbocycles. The first-order valence-corrected chi connectivity index (χ1v) is 5.16. The summed E-state index contributed by atoms with van der Waals surface area (Å²) in [7, 11) is 0. The summed E-state index contributed by atoms with van der Waals surface area (Å²) in [6, 6.07) is 8.93. The summed E-state index contributed by atoms with van der Waals surface area (Å²) in [5.74, 6) is -0.111. The summed E-state index contributed by atoms with van der Waals surface area (Å²) in [4.78, 5) is 0. The van der Waals surface area contributed by atoms with Crippen LogP contribution in [0.2, 0.25) is 0 Å². The van der Waals surface area contributed by atoms with E-state index in [9.17, 15) is 19.0 Å². The third-order valence-corrected chi connectivity index (χ3v) is 2.70. The highest BCUT2D eigenvalue weighted by molar-refractivity contribution is 5.89. The molecule has 1 atom stereocenters. The van der Waals surface area contributed by atoms with Gasteiger partial charge in [0.1, 0.15) is 11.9 Å². The molecule has 0 aliphatic carbocycles. The van der Waals surface area contributed by atoms with Gasteiger partial charge in [-0.05, 0) is 29.0 Å². The Bertz CT molecular complexity index is 635. The lowest BCUT2D eigenvalue weighted by Gasteiger charge is -2.14. The lowest BCUT2D eigenvalue weighted by Crippen LogP contribution is -2.10. The number of benzene rings is 2. The van der Waals surface area contributed by atoms with Gasteiger partial charge in [0.05, 0.1) is 11.6 Å². The molecule has 0 bridgehead atoms. The standard InChI is InChI=1S/C13H9F2NO2/c14-13(15)12(18)11-8(6-16)2-1-7-3-4-9(17)5-10(7)11/h1-5,12-13,17-18H. The van der Waals surface area contributed by atoms with E-state index in [0.717, 1.165) is 0 Å². The first-order valence-electron chi connectivity index (χ1n) is 5.16. The lowest BCUT2D eigenvalue weighted by atomic mass is 9.95. The molecule has 0 aliphatic rings. The fourth-order valence-electron chi connectivity index (χ4n) is 1.87. The van der Waals surface area contributed by atoms with Crippen LogP contribution in [-0.4, -0.2) is 16.6 Å². The van der Waals surface area contributed by atoms with E-state index in [1.54, 1.807) is 12.1 Å². The lowest BCUT2D eigenvalue weighted by molar-refractivity contribution is -0.00509. The first-order chi connectivity index (χ1) is 8.54. The number of nitriles is 1. The molecule has 2 aromatic carbocycles. The summed E-state index contributed by atoms with van der Waals surface area (Å²) >= 11 is 0. The van der Waals surface area contributed by atoms with Crippen molar-refractivity contribution in [2.75, 3.05) is 0 Å². The molecule has 0 saturated heterocycles. The minimum absolute atomic E-state index is 0.0269. The number of hydrogen-bond donors (Lipinski definition) is 2. The zero-order chi connectivity index (χ0) is 13.3. The first kappa shape index (κ1) is 12.3. The van der Waals surface area contributed by atoms with Gasteiger partial charge >= 0.3 is 0 Å². The van der Waals surface area contributed by atoms with Crippen LogP contribution in [0.5, 0.6) is 5.75 Å². The topological polar surface area (TPSA) is 64.2 Å². The van der Waals surface area contributed by atoms with Gasteiger partial charge in [0.15, 0.2) is 0 Å². The highest BCUT2D eigenvalue weighted by atomic mass is 19.3. The fourth-order valence-corrected chi connectivity index (χ4v) is 1.87. The Labute approximate surface area is 102 Å². The third-order valence-electron chi connectivity index (χ3n) is 2.70. The molecule has 18 heavy (non-hydrogen) atoms. The Balaban J connectivity index is 2.81. The zero-order valence-corrected chi connectivity index (χ0v) is 9.14. The van der Waals surface area contributed by atoms with E-state index in [1.165, 1.54) is 24.3 Å². The SMILES string of the molecule is N#Cc1ccc2ccc(O)cc2c1C(O)C(F)F. The number of phenols is 1. The molecule has 2 aromatic rings. The van der Waals surface area contributed by atoms with Crippen molar-refractivity contribution < 1.29 is 19.0 Å². The summed E-state index contributed by atoms with van der Waals surface area (Å²) in [5.41, 5.74) is -0.179. The Morgan fingerprint density at radius 1 is 1.17 bits per heavy atom. The third kappa shape index (κ3) is 1.98. The average molecular weight is 249 g/mol. The second-order valence-corrected chi connectivity index (χ2v) is 3.82. The minimum Gasteiger partial charge on any atom is -0.508 e. The van der Waals surface area contributed by atoms with E-state index >= 15 is 0 Å². The van der Waals surface area contributed by atoms with Crippen LogP contribution in [-0.2, 0) is 0 Å². The number of fused-ring (bicyclic) bond motifs is 1. The zero-order valence-electron chi connectivity index (χ0n) is 9.14. The predicted molar refractivity (Wildman–Crippen MR) is 61.3 cm³/mol. The molecule has 0 fully saturated rings. The van der Waals surface area contributed by atoms with E-state index in [-0.39, 0.29) is 22.3 Å². The molecule has 0 radical (unpaired) electrons. The van der Waals surface area contributed by atoms with Crippen molar-refractivity contribution >= 4 is 10.8 Å². The van der Waals surface area contributed by atoms with Gasteiger partial charge in [-0.25, -0.2) is 8.78 Å². The molecule has 0 heterocycles. The van der Waals surface area contributed by atoms with Crippen molar-refractivity contribution in [3.8, 4) is 11.8 Å². The summed E-state index contributed by atoms with van der Waals surface area (Å²) in [5, 5.41) is 28.6. The number of aliphatic hydroxyl groups excluding tert-OH is 1. The van der Waals surface area contributed by atoms with Crippen molar-refractivity contribution in [2.24, 2.45) is 0 Å². The number of phenolic OH excluding ortho intramolecular Hbond substituents is 1. The second-order valence-electron chi connectivity index (χ2n) is 3.82. The van der Waals surface area contributed by atoms with Crippen LogP contribution in [0, 0.1) is 11.3 Å². The Morgan fingerprint density at radius 3 is 2.44 bits per heavy atom. The fraction of sp³-hybridized carbons (Fsp3) is 0.154. The van der Waals surface area contributed by atoms with Crippen molar-refractivity contribution in [2.45, 2.75) is 12.5 Å². The van der Waals surface area contributed by atoms with Crippen LogP contribution < -0.4 is 0 Å². The quantitative estimate of drug-likeness (QED) is 0.860. The van der Waals surface area contributed by atoms with Crippen LogP contribution in [0.25, 0.3) is 10.8 Å². The molecule has 0 amide bonds. The van der Waals surface area contributed by atoms with Gasteiger partial charge in [0, 0.05) is 5.56 Å². The monoisotopic (exact) mass is 249 g/mol. The maximum atomic E-state index is 12.6. The van der Waals surface area contributed by atoms with Crippen molar-refractivity contribution in [1.82, 2.24) is 0 Å². The van der Waals surface area contributed by atoms with E-state index < -0.39 is 12.5 Å². The van der Waals surface area contributed by atoms with Gasteiger partial charge in [-0.2, -0.15) is 5.26 Å². The molecule has 0 spiro atoms. The summed E-state index contributed by atoms with van der Waals surface area (Å²) < 4.78 is 25.3. The largest absolute Gasteiger partial charge is 0.508 e. The molecule has 2 N–H and O–H groups in total. The Hall–Kier alpha value is -2.19. The van der Waals surface area contributed by atoms with Crippen LogP contribution >= 0.6 is 0 Å². The van der Waals surface area contributed by atoms with Crippen LogP contribution in [0.3, 0.4) is 0 Å². The number of aromatic hydroxyl groups is 1. The molecule has 92 valence electrons. The van der Waals surface area contributed by atoms with Gasteiger partial charge in [-0.3, -0.25) is 0 Å². The molecule has 3 nitrogen and oxygen atoms in total. The highest BCUT2D eigenvalue weighted by Gasteiger charge is 2.24. The number of halogens is 2. The maximum absolute atomic E-state index is 12.6. The number of aliphatic hydroxyl groups is 1. The van der Waals surface area contributed by atoms with Crippen molar-refractivity contribution in [1.29, 1.82) is 5.26 Å². The van der Waals surface area contributed by atoms with E-state index in [0.29, 0.717) is 5.39 Å². The molecule has 0 aromatic heterocycles. The van der Waals surface area contributed by atoms with Crippen LogP contribution in [0.1, 0.15) is 17.2 Å². The summed E-state index contributed by atoms with van der Waals surface area (Å²) in [6.45, 7) is 0. The van der Waals surface area contributed by atoms with Gasteiger partial charge < -0.3 is 10.2 Å². The molecule has 2 rings (SSSR count). The number of hydrogen-bond acceptors (Lipinski definition) is 3. The number of nitrogens with zero attached hydrogens (tertiary/aromatic N) is 1. The summed E-state index contributed by atoms with van der Waals surface area (Å²) in [6.07, 6.45) is -5.05. The number of alkyl halides is 2. The molecule has 0 aliphatic heterocycles. The van der Waals surface area contributed by atoms with Gasteiger partial charge in [-0.15, -0.1) is 0 Å². The van der Waals surface area contributed by atoms with Crippen LogP contribution in [0.4, 0.5) is 8.78 Å². The average Bonchev–Trinajstić information content (AvgIpc) is 2.36. The van der Waals surface area contributed by atoms with E-state index in [2.05, 4.69) is 0 Å². The van der Waals surface area contributed by atoms with Gasteiger partial charge in [-0.1, -0.05) is 12.1 Å². The molecular weight excluding hydrogens is 240 g/mol. The second kappa shape index (κ2) is 4.59. The van der Waals surface area contributed by atoms with Crippen molar-refractivity contribution in [3.63, 3.8) is 0 Å². The molecule has 5 heteroatoms. The Morgan fingerprint density at radius 2 is 1.83 bits per heavy atom. The van der Waals surface area contributed by atoms with E-state index in [4.69, 9.17) is 5.26 Å². The van der Waals surface area contributed by atoms with Crippen LogP contribution in [0.15, 0.2) is 30.3 Å². The van der Waals surface area contributed by atoms with Crippen molar-refractivity contribution in [3.05, 3.63) is 41.5 Å². The van der Waals surface area contributed by atoms with Gasteiger partial charge in [0.25, 0.3) is 6.43 Å². The Kier molecular flexibility index (Phi) is 3.13. The highest BCUT2D eigenvalue weighted by Crippen LogP contribution is 2.32. The smallest absolute Gasteiger partial charge is 0.268 e. The molecular formula is C13H9F2NO2. The predicted octanol–water partition coefficient (Wildman–Crippen LogP) is 2.72. The van der Waals surface area contributed by atoms with E-state index in [1.807, 2.05) is 0 Å². The molecule has 1 unspecified atom stereocenters. The van der Waals surface area contributed by atoms with Gasteiger partial charge in [0.2, 0.25) is 0 Å². The maximum Gasteiger partial charge on any atom is 0.268 e.